The van der Waals surface area contributed by atoms with Gasteiger partial charge in [0.05, 0.1) is 5.69 Å². The number of nitrogens with one attached hydrogen (secondary N) is 1. The number of nitrogens with zero attached hydrogens (tertiary/aromatic N) is 3. The van der Waals surface area contributed by atoms with Crippen LogP contribution in [0.2, 0.25) is 0 Å². The van der Waals surface area contributed by atoms with Gasteiger partial charge in [-0.1, -0.05) is 13.8 Å². The molecule has 1 aliphatic carbocycles. The summed E-state index contributed by atoms with van der Waals surface area (Å²) in [6.45, 7) is 9.64. The lowest BCUT2D eigenvalue weighted by atomic mass is 10.2. The van der Waals surface area contributed by atoms with Crippen LogP contribution >= 0.6 is 0 Å². The minimum absolute atomic E-state index is 0.872. The van der Waals surface area contributed by atoms with E-state index >= 15 is 0 Å². The predicted octanol–water partition coefficient (Wildman–Crippen LogP) is 1.93. The van der Waals surface area contributed by atoms with Crippen LogP contribution in [-0.2, 0) is 13.6 Å². The molecule has 0 aliphatic heterocycles. The van der Waals surface area contributed by atoms with Gasteiger partial charge >= 0.3 is 0 Å². The van der Waals surface area contributed by atoms with E-state index in [1.54, 1.807) is 0 Å². The fourth-order valence-corrected chi connectivity index (χ4v) is 2.72. The summed E-state index contributed by atoms with van der Waals surface area (Å²) in [6, 6.07) is 0. The van der Waals surface area contributed by atoms with Crippen molar-refractivity contribution in [1.29, 1.82) is 0 Å². The quantitative estimate of drug-likeness (QED) is 0.837. The topological polar surface area (TPSA) is 33.1 Å². The van der Waals surface area contributed by atoms with Crippen LogP contribution in [0.5, 0.6) is 0 Å². The summed E-state index contributed by atoms with van der Waals surface area (Å²) in [5.41, 5.74) is 2.49. The SMILES string of the molecule is CCNCc1c(C)nn(C)c1N(C)CC1CC1C. The third-order valence-electron chi connectivity index (χ3n) is 4.01. The lowest BCUT2D eigenvalue weighted by molar-refractivity contribution is 0.673. The highest BCUT2D eigenvalue weighted by molar-refractivity contribution is 5.49. The van der Waals surface area contributed by atoms with E-state index in [9.17, 15) is 0 Å². The van der Waals surface area contributed by atoms with E-state index in [-0.39, 0.29) is 0 Å². The molecule has 4 nitrogen and oxygen atoms in total. The van der Waals surface area contributed by atoms with Crippen LogP contribution < -0.4 is 10.2 Å². The Morgan fingerprint density at radius 2 is 2.17 bits per heavy atom. The molecule has 4 heteroatoms. The highest BCUT2D eigenvalue weighted by atomic mass is 15.4. The van der Waals surface area contributed by atoms with E-state index in [0.717, 1.165) is 37.2 Å². The second-order valence-electron chi connectivity index (χ2n) is 5.65. The second kappa shape index (κ2) is 5.31. The minimum Gasteiger partial charge on any atom is -0.359 e. The molecule has 1 N–H and O–H groups in total. The molecule has 2 rings (SSSR count). The average molecular weight is 250 g/mol. The van der Waals surface area contributed by atoms with Gasteiger partial charge in [0.2, 0.25) is 0 Å². The maximum atomic E-state index is 4.57. The van der Waals surface area contributed by atoms with Crippen LogP contribution in [0.1, 0.15) is 31.5 Å². The van der Waals surface area contributed by atoms with Crippen molar-refractivity contribution in [3.63, 3.8) is 0 Å². The van der Waals surface area contributed by atoms with Crippen molar-refractivity contribution in [2.45, 2.75) is 33.7 Å². The van der Waals surface area contributed by atoms with Gasteiger partial charge in [0.25, 0.3) is 0 Å². The van der Waals surface area contributed by atoms with Gasteiger partial charge in [-0.15, -0.1) is 0 Å². The van der Waals surface area contributed by atoms with Gasteiger partial charge in [-0.25, -0.2) is 0 Å². The smallest absolute Gasteiger partial charge is 0.131 e. The maximum Gasteiger partial charge on any atom is 0.131 e. The summed E-state index contributed by atoms with van der Waals surface area (Å²) in [6.07, 6.45) is 1.38. The first-order valence-corrected chi connectivity index (χ1v) is 6.98. The van der Waals surface area contributed by atoms with Gasteiger partial charge in [0.1, 0.15) is 5.82 Å². The second-order valence-corrected chi connectivity index (χ2v) is 5.65. The zero-order chi connectivity index (χ0) is 13.3. The van der Waals surface area contributed by atoms with E-state index in [2.05, 4.69) is 43.1 Å². The van der Waals surface area contributed by atoms with Crippen molar-refractivity contribution in [2.24, 2.45) is 18.9 Å². The zero-order valence-electron chi connectivity index (χ0n) is 12.3. The van der Waals surface area contributed by atoms with Crippen LogP contribution in [-0.4, -0.2) is 29.9 Å². The molecule has 1 heterocycles. The number of anilines is 1. The van der Waals surface area contributed by atoms with Crippen molar-refractivity contribution in [3.05, 3.63) is 11.3 Å². The Labute approximate surface area is 110 Å². The fraction of sp³-hybridized carbons (Fsp3) is 0.786. The number of aromatic nitrogens is 2. The van der Waals surface area contributed by atoms with Crippen molar-refractivity contribution in [3.8, 4) is 0 Å². The van der Waals surface area contributed by atoms with E-state index < -0.39 is 0 Å². The van der Waals surface area contributed by atoms with Crippen LogP contribution in [0.15, 0.2) is 0 Å². The Kier molecular flexibility index (Phi) is 3.95. The standard InChI is InChI=1S/C14H26N4/c1-6-15-8-13-11(3)16-18(5)14(13)17(4)9-12-7-10(12)2/h10,12,15H,6-9H2,1-5H3. The first-order chi connectivity index (χ1) is 8.54. The molecule has 1 fully saturated rings. The Hall–Kier alpha value is -1.03. The summed E-state index contributed by atoms with van der Waals surface area (Å²) >= 11 is 0. The number of hydrogen-bond acceptors (Lipinski definition) is 3. The first-order valence-electron chi connectivity index (χ1n) is 6.98. The van der Waals surface area contributed by atoms with Gasteiger partial charge in [-0.05, 0) is 31.7 Å². The summed E-state index contributed by atoms with van der Waals surface area (Å²) in [5, 5.41) is 7.98. The minimum atomic E-state index is 0.872. The Morgan fingerprint density at radius 3 is 2.72 bits per heavy atom. The molecule has 0 radical (unpaired) electrons. The van der Waals surface area contributed by atoms with Crippen LogP contribution in [0, 0.1) is 18.8 Å². The van der Waals surface area contributed by atoms with Crippen molar-refractivity contribution < 1.29 is 0 Å². The molecule has 1 aliphatic rings. The van der Waals surface area contributed by atoms with Gasteiger partial charge in [-0.2, -0.15) is 5.10 Å². The largest absolute Gasteiger partial charge is 0.359 e. The Bertz CT molecular complexity index is 410. The molecular weight excluding hydrogens is 224 g/mol. The third-order valence-corrected chi connectivity index (χ3v) is 4.01. The highest BCUT2D eigenvalue weighted by Crippen LogP contribution is 2.39. The maximum absolute atomic E-state index is 4.57. The Morgan fingerprint density at radius 1 is 1.50 bits per heavy atom. The predicted molar refractivity (Wildman–Crippen MR) is 75.9 cm³/mol. The van der Waals surface area contributed by atoms with Gasteiger partial charge in [0, 0.05) is 32.7 Å². The number of hydrogen-bond donors (Lipinski definition) is 1. The molecule has 102 valence electrons. The summed E-state index contributed by atoms with van der Waals surface area (Å²) in [7, 11) is 4.24. The summed E-state index contributed by atoms with van der Waals surface area (Å²) in [4.78, 5) is 2.38. The molecule has 0 aromatic carbocycles. The molecular formula is C14H26N4. The summed E-state index contributed by atoms with van der Waals surface area (Å²) in [5.74, 6) is 3.05. The fourth-order valence-electron chi connectivity index (χ4n) is 2.72. The molecule has 2 atom stereocenters. The van der Waals surface area contributed by atoms with Crippen LogP contribution in [0.4, 0.5) is 5.82 Å². The molecule has 0 amide bonds. The molecule has 1 aromatic rings. The van der Waals surface area contributed by atoms with Gasteiger partial charge < -0.3 is 10.2 Å². The molecule has 0 saturated heterocycles. The monoisotopic (exact) mass is 250 g/mol. The summed E-state index contributed by atoms with van der Waals surface area (Å²) < 4.78 is 2.02. The van der Waals surface area contributed by atoms with E-state index in [1.807, 2.05) is 11.7 Å². The van der Waals surface area contributed by atoms with Gasteiger partial charge in [-0.3, -0.25) is 4.68 Å². The molecule has 0 bridgehead atoms. The molecule has 1 aromatic heterocycles. The van der Waals surface area contributed by atoms with Crippen LogP contribution in [0.25, 0.3) is 0 Å². The van der Waals surface area contributed by atoms with E-state index in [1.165, 1.54) is 17.8 Å². The van der Waals surface area contributed by atoms with Gasteiger partial charge in [0.15, 0.2) is 0 Å². The zero-order valence-corrected chi connectivity index (χ0v) is 12.3. The Balaban J connectivity index is 2.13. The lowest BCUT2D eigenvalue weighted by Crippen LogP contribution is -2.25. The first kappa shape index (κ1) is 13.4. The van der Waals surface area contributed by atoms with Crippen molar-refractivity contribution >= 4 is 5.82 Å². The molecule has 18 heavy (non-hydrogen) atoms. The van der Waals surface area contributed by atoms with Crippen molar-refractivity contribution in [1.82, 2.24) is 15.1 Å². The molecule has 2 unspecified atom stereocenters. The molecule has 0 spiro atoms. The third kappa shape index (κ3) is 2.69. The molecule has 1 saturated carbocycles. The lowest BCUT2D eigenvalue weighted by Gasteiger charge is -2.21. The highest BCUT2D eigenvalue weighted by Gasteiger charge is 2.34. The van der Waals surface area contributed by atoms with Crippen molar-refractivity contribution in [2.75, 3.05) is 25.0 Å². The normalized spacial score (nSPS) is 22.3. The number of aryl methyl sites for hydroxylation is 2. The average Bonchev–Trinajstić information content (AvgIpc) is 2.89. The van der Waals surface area contributed by atoms with E-state index in [4.69, 9.17) is 0 Å². The van der Waals surface area contributed by atoms with E-state index in [0.29, 0.717) is 0 Å². The van der Waals surface area contributed by atoms with Crippen LogP contribution in [0.3, 0.4) is 0 Å². The number of rotatable bonds is 6.